The van der Waals surface area contributed by atoms with Crippen molar-refractivity contribution in [1.82, 2.24) is 14.6 Å². The Morgan fingerprint density at radius 2 is 2.00 bits per heavy atom. The fourth-order valence-corrected chi connectivity index (χ4v) is 6.24. The first-order valence-electron chi connectivity index (χ1n) is 8.85. The number of carbonyl (C=O) groups is 1. The van der Waals surface area contributed by atoms with Gasteiger partial charge in [-0.3, -0.25) is 4.79 Å². The monoisotopic (exact) mass is 405 g/mol. The smallest absolute Gasteiger partial charge is 0.254 e. The SMILES string of the molecule is C=CC(=O)NCC1CCN(S(=O)(=O)c2sc(-c3ccccc3)nc2C)CC1. The molecule has 1 aliphatic heterocycles. The van der Waals surface area contributed by atoms with Crippen molar-refractivity contribution < 1.29 is 13.2 Å². The van der Waals surface area contributed by atoms with Crippen LogP contribution in [0.25, 0.3) is 10.6 Å². The summed E-state index contributed by atoms with van der Waals surface area (Å²) < 4.78 is 28.0. The molecule has 0 atom stereocenters. The molecule has 1 aromatic heterocycles. The number of aromatic nitrogens is 1. The van der Waals surface area contributed by atoms with Crippen molar-refractivity contribution in [1.29, 1.82) is 0 Å². The van der Waals surface area contributed by atoms with Crippen molar-refractivity contribution in [3.63, 3.8) is 0 Å². The van der Waals surface area contributed by atoms with E-state index < -0.39 is 10.0 Å². The first-order valence-corrected chi connectivity index (χ1v) is 11.1. The highest BCUT2D eigenvalue weighted by Crippen LogP contribution is 2.34. The molecular weight excluding hydrogens is 382 g/mol. The molecule has 144 valence electrons. The van der Waals surface area contributed by atoms with Gasteiger partial charge in [0.2, 0.25) is 5.91 Å². The van der Waals surface area contributed by atoms with Crippen molar-refractivity contribution in [3.05, 3.63) is 48.7 Å². The van der Waals surface area contributed by atoms with E-state index in [4.69, 9.17) is 0 Å². The van der Waals surface area contributed by atoms with Crippen molar-refractivity contribution in [2.75, 3.05) is 19.6 Å². The molecule has 27 heavy (non-hydrogen) atoms. The lowest BCUT2D eigenvalue weighted by Crippen LogP contribution is -2.41. The summed E-state index contributed by atoms with van der Waals surface area (Å²) in [6, 6.07) is 9.60. The maximum atomic E-state index is 13.1. The summed E-state index contributed by atoms with van der Waals surface area (Å²) in [6.07, 6.45) is 2.69. The van der Waals surface area contributed by atoms with Crippen LogP contribution in [0.2, 0.25) is 0 Å². The molecule has 0 unspecified atom stereocenters. The molecule has 3 rings (SSSR count). The van der Waals surface area contributed by atoms with Crippen molar-refractivity contribution in [2.45, 2.75) is 24.0 Å². The van der Waals surface area contributed by atoms with Crippen LogP contribution in [-0.2, 0) is 14.8 Å². The van der Waals surface area contributed by atoms with Crippen LogP contribution in [0.4, 0.5) is 0 Å². The predicted molar refractivity (Wildman–Crippen MR) is 107 cm³/mol. The number of nitrogens with zero attached hydrogens (tertiary/aromatic N) is 2. The Morgan fingerprint density at radius 1 is 1.33 bits per heavy atom. The minimum Gasteiger partial charge on any atom is -0.352 e. The highest BCUT2D eigenvalue weighted by molar-refractivity contribution is 7.91. The van der Waals surface area contributed by atoms with Gasteiger partial charge in [-0.25, -0.2) is 13.4 Å². The normalized spacial score (nSPS) is 16.2. The van der Waals surface area contributed by atoms with Gasteiger partial charge in [0.05, 0.1) is 5.69 Å². The third kappa shape index (κ3) is 4.45. The van der Waals surface area contributed by atoms with Gasteiger partial charge in [0.1, 0.15) is 5.01 Å². The molecule has 2 heterocycles. The van der Waals surface area contributed by atoms with Crippen LogP contribution in [0.3, 0.4) is 0 Å². The van der Waals surface area contributed by atoms with E-state index in [0.717, 1.165) is 18.4 Å². The summed E-state index contributed by atoms with van der Waals surface area (Å²) in [6.45, 7) is 6.63. The zero-order chi connectivity index (χ0) is 19.4. The Hall–Kier alpha value is -2.03. The van der Waals surface area contributed by atoms with Gasteiger partial charge in [-0.2, -0.15) is 4.31 Å². The van der Waals surface area contributed by atoms with E-state index in [2.05, 4.69) is 16.9 Å². The van der Waals surface area contributed by atoms with E-state index in [9.17, 15) is 13.2 Å². The van der Waals surface area contributed by atoms with E-state index in [1.54, 1.807) is 6.92 Å². The fourth-order valence-electron chi connectivity index (χ4n) is 3.11. The van der Waals surface area contributed by atoms with Gasteiger partial charge in [-0.15, -0.1) is 11.3 Å². The highest BCUT2D eigenvalue weighted by Gasteiger charge is 2.32. The first kappa shape index (κ1) is 19.7. The number of nitrogens with one attached hydrogen (secondary N) is 1. The Labute approximate surface area is 164 Å². The zero-order valence-corrected chi connectivity index (χ0v) is 16.9. The number of amides is 1. The molecule has 1 N–H and O–H groups in total. The second kappa shape index (κ2) is 8.33. The number of hydrogen-bond acceptors (Lipinski definition) is 5. The number of hydrogen-bond donors (Lipinski definition) is 1. The van der Waals surface area contributed by atoms with Gasteiger partial charge >= 0.3 is 0 Å². The largest absolute Gasteiger partial charge is 0.352 e. The summed E-state index contributed by atoms with van der Waals surface area (Å²) in [7, 11) is -3.55. The summed E-state index contributed by atoms with van der Waals surface area (Å²) in [4.78, 5) is 15.7. The van der Waals surface area contributed by atoms with Crippen LogP contribution in [0.1, 0.15) is 18.5 Å². The van der Waals surface area contributed by atoms with Crippen LogP contribution >= 0.6 is 11.3 Å². The van der Waals surface area contributed by atoms with Gasteiger partial charge in [-0.1, -0.05) is 36.9 Å². The molecule has 1 amide bonds. The Balaban J connectivity index is 1.70. The van der Waals surface area contributed by atoms with Crippen molar-refractivity contribution in [3.8, 4) is 10.6 Å². The highest BCUT2D eigenvalue weighted by atomic mass is 32.2. The third-order valence-corrected chi connectivity index (χ3v) is 8.36. The average molecular weight is 406 g/mol. The Kier molecular flexibility index (Phi) is 6.08. The lowest BCUT2D eigenvalue weighted by Gasteiger charge is -2.30. The second-order valence-corrected chi connectivity index (χ2v) is 9.69. The number of aryl methyl sites for hydroxylation is 1. The van der Waals surface area contributed by atoms with E-state index in [1.165, 1.54) is 21.7 Å². The fraction of sp³-hybridized carbons (Fsp3) is 0.368. The molecule has 2 aromatic rings. The lowest BCUT2D eigenvalue weighted by molar-refractivity contribution is -0.116. The molecule has 1 fully saturated rings. The molecule has 1 aliphatic rings. The molecule has 8 heteroatoms. The van der Waals surface area contributed by atoms with E-state index >= 15 is 0 Å². The standard InChI is InChI=1S/C19H23N3O3S2/c1-3-17(23)20-13-15-9-11-22(12-10-15)27(24,25)19-14(2)21-18(26-19)16-7-5-4-6-8-16/h3-8,15H,1,9-13H2,2H3,(H,20,23). The van der Waals surface area contributed by atoms with Gasteiger partial charge in [0.25, 0.3) is 10.0 Å². The summed E-state index contributed by atoms with van der Waals surface area (Å²) in [5.41, 5.74) is 1.46. The Bertz CT molecular complexity index is 915. The maximum absolute atomic E-state index is 13.1. The van der Waals surface area contributed by atoms with Crippen LogP contribution in [-0.4, -0.2) is 43.2 Å². The zero-order valence-electron chi connectivity index (χ0n) is 15.2. The number of thiazole rings is 1. The summed E-state index contributed by atoms with van der Waals surface area (Å²) >= 11 is 1.22. The predicted octanol–water partition coefficient (Wildman–Crippen LogP) is 2.82. The summed E-state index contributed by atoms with van der Waals surface area (Å²) in [5, 5.41) is 3.50. The van der Waals surface area contributed by atoms with Crippen molar-refractivity contribution >= 4 is 27.3 Å². The number of carbonyl (C=O) groups excluding carboxylic acids is 1. The van der Waals surface area contributed by atoms with Gasteiger partial charge in [-0.05, 0) is 31.8 Å². The molecule has 0 aliphatic carbocycles. The molecule has 0 bridgehead atoms. The molecule has 1 saturated heterocycles. The number of sulfonamides is 1. The van der Waals surface area contributed by atoms with Crippen LogP contribution in [0, 0.1) is 12.8 Å². The van der Waals surface area contributed by atoms with Gasteiger partial charge in [0.15, 0.2) is 4.21 Å². The van der Waals surface area contributed by atoms with E-state index in [0.29, 0.717) is 34.5 Å². The molecule has 0 saturated carbocycles. The molecule has 6 nitrogen and oxygen atoms in total. The van der Waals surface area contributed by atoms with Gasteiger partial charge < -0.3 is 5.32 Å². The van der Waals surface area contributed by atoms with Crippen LogP contribution in [0.15, 0.2) is 47.2 Å². The first-order chi connectivity index (χ1) is 12.9. The molecular formula is C19H23N3O3S2. The Morgan fingerprint density at radius 3 is 2.63 bits per heavy atom. The molecule has 0 spiro atoms. The maximum Gasteiger partial charge on any atom is 0.254 e. The second-order valence-electron chi connectivity index (χ2n) is 6.55. The molecule has 1 aromatic carbocycles. The van der Waals surface area contributed by atoms with E-state index in [-0.39, 0.29) is 11.8 Å². The van der Waals surface area contributed by atoms with E-state index in [1.807, 2.05) is 30.3 Å². The third-order valence-electron chi connectivity index (χ3n) is 4.67. The van der Waals surface area contributed by atoms with Gasteiger partial charge in [0, 0.05) is 25.2 Å². The lowest BCUT2D eigenvalue weighted by atomic mass is 9.98. The van der Waals surface area contributed by atoms with Crippen LogP contribution < -0.4 is 5.32 Å². The quantitative estimate of drug-likeness (QED) is 0.750. The van der Waals surface area contributed by atoms with Crippen molar-refractivity contribution in [2.24, 2.45) is 5.92 Å². The topological polar surface area (TPSA) is 79.4 Å². The molecule has 0 radical (unpaired) electrons. The minimum absolute atomic E-state index is 0.196. The van der Waals surface area contributed by atoms with Crippen LogP contribution in [0.5, 0.6) is 0 Å². The number of rotatable bonds is 6. The summed E-state index contributed by atoms with van der Waals surface area (Å²) in [5.74, 6) is 0.0848. The number of benzene rings is 1. The number of piperidine rings is 1. The average Bonchev–Trinajstić information content (AvgIpc) is 3.09. The minimum atomic E-state index is -3.55.